The van der Waals surface area contributed by atoms with Gasteiger partial charge in [-0.25, -0.2) is 0 Å². The molecule has 4 aliphatic heterocycles. The van der Waals surface area contributed by atoms with E-state index in [1.807, 2.05) is 67.5 Å². The summed E-state index contributed by atoms with van der Waals surface area (Å²) in [5.74, 6) is -1.16. The second-order valence-electron chi connectivity index (χ2n) is 17.9. The molecule has 4 fully saturated rings. The average Bonchev–Trinajstić information content (AvgIpc) is 3.46. The molecule has 13 nitrogen and oxygen atoms in total. The summed E-state index contributed by atoms with van der Waals surface area (Å²) in [6.45, 7) is 22.9. The lowest BCUT2D eigenvalue weighted by molar-refractivity contribution is -0.320. The highest BCUT2D eigenvalue weighted by Crippen LogP contribution is 2.47. The van der Waals surface area contributed by atoms with Crippen LogP contribution in [0.25, 0.3) is 0 Å². The Labute approximate surface area is 335 Å². The molecule has 56 heavy (non-hydrogen) atoms. The number of fused-ring (bicyclic) bond motifs is 1. The van der Waals surface area contributed by atoms with E-state index in [4.69, 9.17) is 44.3 Å². The van der Waals surface area contributed by atoms with Crippen LogP contribution in [0.2, 0.25) is 0 Å². The van der Waals surface area contributed by atoms with E-state index in [1.165, 1.54) is 7.11 Å². The van der Waals surface area contributed by atoms with Gasteiger partial charge in [0.25, 0.3) is 0 Å². The second-order valence-corrected chi connectivity index (χ2v) is 17.9. The summed E-state index contributed by atoms with van der Waals surface area (Å²) < 4.78 is 51.6. The summed E-state index contributed by atoms with van der Waals surface area (Å²) in [5.41, 5.74) is -2.56. The van der Waals surface area contributed by atoms with Crippen LogP contribution in [0.5, 0.6) is 0 Å². The van der Waals surface area contributed by atoms with Crippen molar-refractivity contribution in [3.8, 4) is 12.3 Å². The summed E-state index contributed by atoms with van der Waals surface area (Å²) in [6.07, 6.45) is -0.462. The molecule has 4 aliphatic rings. The number of rotatable bonds is 9. The predicted molar refractivity (Wildman–Crippen MR) is 209 cm³/mol. The number of methoxy groups -OCH3 is 1. The van der Waals surface area contributed by atoms with Gasteiger partial charge in [0.2, 0.25) is 0 Å². The van der Waals surface area contributed by atoms with Gasteiger partial charge in [-0.2, -0.15) is 0 Å². The Morgan fingerprint density at radius 2 is 1.64 bits per heavy atom. The lowest BCUT2D eigenvalue weighted by Crippen LogP contribution is -2.61. The molecule has 4 saturated heterocycles. The van der Waals surface area contributed by atoms with E-state index < -0.39 is 102 Å². The number of nitrogens with zero attached hydrogens (tertiary/aromatic N) is 1. The molecule has 0 bridgehead atoms. The Hall–Kier alpha value is -1.96. The molecule has 0 aliphatic carbocycles. The number of aliphatic hydroxyl groups is 2. The molecule has 2 N–H and O–H groups in total. The maximum atomic E-state index is 14.6. The van der Waals surface area contributed by atoms with Gasteiger partial charge in [0.05, 0.1) is 48.1 Å². The Bertz CT molecular complexity index is 1420. The smallest absolute Gasteiger partial charge is 0.311 e. The monoisotopic (exact) mass is 793 g/mol. The molecule has 0 aromatic rings. The molecule has 0 radical (unpaired) electrons. The molecule has 0 spiro atoms. The van der Waals surface area contributed by atoms with Crippen molar-refractivity contribution < 1.29 is 57.7 Å². The molecule has 0 saturated carbocycles. The van der Waals surface area contributed by atoms with Gasteiger partial charge in [0.15, 0.2) is 12.6 Å². The number of carbonyl (C=O) groups is 2. The van der Waals surface area contributed by atoms with Crippen molar-refractivity contribution in [1.29, 1.82) is 0 Å². The number of Topliss-reactive ketones (excluding diaryl/α,β-unsaturated/α-hetero) is 1. The highest BCUT2D eigenvalue weighted by Gasteiger charge is 2.56. The number of terminal acetylenes is 1. The molecule has 0 aromatic carbocycles. The topological polar surface area (TPSA) is 152 Å². The highest BCUT2D eigenvalue weighted by molar-refractivity contribution is 5.84. The largest absolute Gasteiger partial charge is 0.459 e. The summed E-state index contributed by atoms with van der Waals surface area (Å²) in [4.78, 5) is 31.1. The van der Waals surface area contributed by atoms with E-state index in [0.717, 1.165) is 5.57 Å². The van der Waals surface area contributed by atoms with Crippen LogP contribution in [0.1, 0.15) is 94.9 Å². The first kappa shape index (κ1) is 46.7. The minimum Gasteiger partial charge on any atom is -0.459 e. The summed E-state index contributed by atoms with van der Waals surface area (Å²) in [5, 5.41) is 22.8. The Morgan fingerprint density at radius 3 is 2.23 bits per heavy atom. The lowest BCUT2D eigenvalue weighted by atomic mass is 9.69. The number of esters is 1. The van der Waals surface area contributed by atoms with Crippen LogP contribution in [0.4, 0.5) is 0 Å². The third-order valence-electron chi connectivity index (χ3n) is 13.3. The molecular formula is C43H71NO12. The molecule has 0 aromatic heterocycles. The van der Waals surface area contributed by atoms with Crippen molar-refractivity contribution in [3.63, 3.8) is 0 Å². The highest BCUT2D eigenvalue weighted by atomic mass is 16.7. The number of hydrogen-bond donors (Lipinski definition) is 2. The van der Waals surface area contributed by atoms with Gasteiger partial charge in [0, 0.05) is 43.2 Å². The first-order valence-corrected chi connectivity index (χ1v) is 20.4. The quantitative estimate of drug-likeness (QED) is 0.194. The number of cyclic esters (lactones) is 1. The molecule has 13 heteroatoms. The molecule has 0 amide bonds. The van der Waals surface area contributed by atoms with Gasteiger partial charge in [-0.05, 0) is 80.5 Å². The van der Waals surface area contributed by atoms with Gasteiger partial charge < -0.3 is 53.0 Å². The number of ketones is 1. The van der Waals surface area contributed by atoms with Crippen LogP contribution in [-0.4, -0.2) is 139 Å². The van der Waals surface area contributed by atoms with Crippen LogP contribution in [0, 0.1) is 41.9 Å². The fourth-order valence-corrected chi connectivity index (χ4v) is 10.0. The molecule has 320 valence electrons. The fraction of sp³-hybridized carbons (Fsp3) is 0.860. The molecule has 4 rings (SSSR count). The minimum atomic E-state index is -1.29. The van der Waals surface area contributed by atoms with Crippen molar-refractivity contribution in [2.24, 2.45) is 29.6 Å². The molecule has 18 atom stereocenters. The van der Waals surface area contributed by atoms with E-state index in [1.54, 1.807) is 20.8 Å². The first-order valence-electron chi connectivity index (χ1n) is 20.4. The number of hydrogen-bond acceptors (Lipinski definition) is 13. The number of carbonyl (C=O) groups excluding carboxylic acids is 2. The molecule has 2 unspecified atom stereocenters. The zero-order valence-electron chi connectivity index (χ0n) is 36.1. The Kier molecular flexibility index (Phi) is 15.5. The maximum absolute atomic E-state index is 14.6. The lowest BCUT2D eigenvalue weighted by Gasteiger charge is -2.50. The Morgan fingerprint density at radius 1 is 0.982 bits per heavy atom. The van der Waals surface area contributed by atoms with Crippen molar-refractivity contribution in [3.05, 3.63) is 12.2 Å². The number of aliphatic hydroxyl groups excluding tert-OH is 2. The predicted octanol–water partition coefficient (Wildman–Crippen LogP) is 4.29. The summed E-state index contributed by atoms with van der Waals surface area (Å²) in [7, 11) is 5.32. The fourth-order valence-electron chi connectivity index (χ4n) is 10.0. The van der Waals surface area contributed by atoms with Crippen molar-refractivity contribution in [2.75, 3.05) is 34.4 Å². The van der Waals surface area contributed by atoms with Gasteiger partial charge in [0.1, 0.15) is 36.3 Å². The van der Waals surface area contributed by atoms with Crippen molar-refractivity contribution in [1.82, 2.24) is 4.90 Å². The number of ether oxygens (including phenoxy) is 8. The van der Waals surface area contributed by atoms with E-state index in [9.17, 15) is 19.8 Å². The van der Waals surface area contributed by atoms with E-state index >= 15 is 0 Å². The van der Waals surface area contributed by atoms with E-state index in [2.05, 4.69) is 12.5 Å². The van der Waals surface area contributed by atoms with Gasteiger partial charge in [-0.3, -0.25) is 9.59 Å². The van der Waals surface area contributed by atoms with Gasteiger partial charge in [-0.15, -0.1) is 6.42 Å². The van der Waals surface area contributed by atoms with Gasteiger partial charge in [-0.1, -0.05) is 40.2 Å². The van der Waals surface area contributed by atoms with Crippen LogP contribution < -0.4 is 0 Å². The number of likely N-dealkylation sites (N-methyl/N-ethyl adjacent to an activating group) is 1. The minimum absolute atomic E-state index is 0.0357. The average molecular weight is 794 g/mol. The van der Waals surface area contributed by atoms with E-state index in [-0.39, 0.29) is 44.0 Å². The normalized spacial score (nSPS) is 47.2. The van der Waals surface area contributed by atoms with Crippen molar-refractivity contribution in [2.45, 2.75) is 173 Å². The second kappa shape index (κ2) is 18.5. The zero-order valence-corrected chi connectivity index (χ0v) is 36.1. The first-order chi connectivity index (χ1) is 26.1. The summed E-state index contributed by atoms with van der Waals surface area (Å²) >= 11 is 0. The van der Waals surface area contributed by atoms with E-state index in [0.29, 0.717) is 12.8 Å². The molecular weight excluding hydrogens is 722 g/mol. The molecule has 4 heterocycles. The zero-order chi connectivity index (χ0) is 42.1. The van der Waals surface area contributed by atoms with Crippen LogP contribution in [0.3, 0.4) is 0 Å². The van der Waals surface area contributed by atoms with Crippen LogP contribution in [-0.2, 0) is 47.5 Å². The summed E-state index contributed by atoms with van der Waals surface area (Å²) in [6, 6.07) is -0.282. The van der Waals surface area contributed by atoms with Crippen LogP contribution in [0.15, 0.2) is 12.2 Å². The standard InChI is InChI=1S/C43H71NO12/c1-16-18-50-42(11)20-23(3)34(45)26(6)33-24(4)22-51-43(33,12)31(17-2)54-39(48)28(8)36(55-32-21-41(10,49-15)37(47)29(9)53-32)27(7)38(42)56-40-35(46)30(44(13)14)19-25(5)52-40/h1,23,25-33,35-38,40,46-47H,4,17-22H2,2-3,5-15H3/t23-,25-,26?,27+,28-,29+,30+,31-,32?,33+,35-,36+,37+,38-,40+,41-,42-,43-/m1/s1. The SMILES string of the molecule is C#CCO[C@]1(C)C[C@@H](C)C(=O)C(C)[C@@H]2C(=C)CO[C@]2(C)[C@@H](CC)OC(=O)[C@H](C)[C@@H](OC2C[C@@](C)(OC)[C@@H](O)[C@H](C)O2)[C@H](C)[C@H]1O[C@@H]1O[C@H](C)C[C@H](N(C)C)[C@H]1O. The van der Waals surface area contributed by atoms with Crippen molar-refractivity contribution >= 4 is 11.8 Å². The third-order valence-corrected chi connectivity index (χ3v) is 13.3. The maximum Gasteiger partial charge on any atom is 0.311 e. The third kappa shape index (κ3) is 9.41. The Balaban J connectivity index is 1.92. The van der Waals surface area contributed by atoms with Crippen LogP contribution >= 0.6 is 0 Å². The van der Waals surface area contributed by atoms with Gasteiger partial charge >= 0.3 is 5.97 Å².